The highest BCUT2D eigenvalue weighted by molar-refractivity contribution is 6.31. The molecule has 1 heterocycles. The van der Waals surface area contributed by atoms with Crippen LogP contribution in [0.2, 0.25) is 5.02 Å². The van der Waals surface area contributed by atoms with Crippen LogP contribution in [0.5, 0.6) is 0 Å². The number of nitro benzene ring substituents is 1. The van der Waals surface area contributed by atoms with E-state index >= 15 is 0 Å². The Morgan fingerprint density at radius 3 is 2.89 bits per heavy atom. The first-order valence-corrected chi connectivity index (χ1v) is 5.93. The molecule has 0 saturated carbocycles. The van der Waals surface area contributed by atoms with Crippen molar-refractivity contribution in [3.63, 3.8) is 0 Å². The molecule has 1 aromatic carbocycles. The Labute approximate surface area is 108 Å². The van der Waals surface area contributed by atoms with Crippen molar-refractivity contribution in [1.29, 1.82) is 0 Å². The molecular formula is C11H12ClFN2O3. The van der Waals surface area contributed by atoms with Crippen LogP contribution in [0.1, 0.15) is 12.8 Å². The van der Waals surface area contributed by atoms with Gasteiger partial charge in [-0.15, -0.1) is 0 Å². The molecule has 1 aromatic rings. The first-order valence-electron chi connectivity index (χ1n) is 5.55. The lowest BCUT2D eigenvalue weighted by Gasteiger charge is -2.31. The molecule has 0 bridgehead atoms. The van der Waals surface area contributed by atoms with Crippen molar-refractivity contribution in [2.75, 3.05) is 18.0 Å². The van der Waals surface area contributed by atoms with Crippen LogP contribution >= 0.6 is 11.6 Å². The second-order valence-electron chi connectivity index (χ2n) is 4.25. The van der Waals surface area contributed by atoms with Gasteiger partial charge < -0.3 is 10.0 Å². The molecule has 0 radical (unpaired) electrons. The minimum atomic E-state index is -0.697. The molecule has 98 valence electrons. The van der Waals surface area contributed by atoms with E-state index in [1.807, 2.05) is 0 Å². The van der Waals surface area contributed by atoms with E-state index in [1.54, 1.807) is 4.90 Å². The number of anilines is 1. The third-order valence-electron chi connectivity index (χ3n) is 2.95. The maximum absolute atomic E-state index is 13.4. The quantitative estimate of drug-likeness (QED) is 0.664. The molecule has 1 aliphatic rings. The molecule has 0 spiro atoms. The number of aliphatic hydroxyl groups excluding tert-OH is 1. The molecule has 1 saturated heterocycles. The van der Waals surface area contributed by atoms with Gasteiger partial charge in [-0.1, -0.05) is 11.6 Å². The van der Waals surface area contributed by atoms with Crippen LogP contribution in [0.25, 0.3) is 0 Å². The van der Waals surface area contributed by atoms with Crippen LogP contribution in [0.3, 0.4) is 0 Å². The summed E-state index contributed by atoms with van der Waals surface area (Å²) in [6.07, 6.45) is 0.820. The summed E-state index contributed by atoms with van der Waals surface area (Å²) in [5, 5.41) is 20.2. The van der Waals surface area contributed by atoms with Crippen molar-refractivity contribution in [3.05, 3.63) is 33.1 Å². The second-order valence-corrected chi connectivity index (χ2v) is 4.66. The van der Waals surface area contributed by atoms with E-state index in [2.05, 4.69) is 0 Å². The lowest BCUT2D eigenvalue weighted by Crippen LogP contribution is -2.38. The van der Waals surface area contributed by atoms with Crippen molar-refractivity contribution in [3.8, 4) is 0 Å². The second kappa shape index (κ2) is 5.07. The van der Waals surface area contributed by atoms with Crippen LogP contribution in [0, 0.1) is 15.9 Å². The van der Waals surface area contributed by atoms with Gasteiger partial charge in [0.05, 0.1) is 16.0 Å². The summed E-state index contributed by atoms with van der Waals surface area (Å²) in [5.74, 6) is -0.697. The summed E-state index contributed by atoms with van der Waals surface area (Å²) in [6, 6.07) is 2.06. The van der Waals surface area contributed by atoms with Gasteiger partial charge in [0, 0.05) is 25.2 Å². The van der Waals surface area contributed by atoms with Gasteiger partial charge in [-0.05, 0) is 12.8 Å². The Morgan fingerprint density at radius 2 is 2.28 bits per heavy atom. The van der Waals surface area contributed by atoms with E-state index in [0.29, 0.717) is 19.4 Å². The van der Waals surface area contributed by atoms with Gasteiger partial charge in [0.25, 0.3) is 5.69 Å². The lowest BCUT2D eigenvalue weighted by molar-refractivity contribution is -0.384. The van der Waals surface area contributed by atoms with E-state index < -0.39 is 16.8 Å². The summed E-state index contributed by atoms with van der Waals surface area (Å²) in [4.78, 5) is 12.0. The normalized spacial score (nSPS) is 19.9. The largest absolute Gasteiger partial charge is 0.391 e. The van der Waals surface area contributed by atoms with Gasteiger partial charge in [0.15, 0.2) is 0 Å². The zero-order chi connectivity index (χ0) is 13.3. The number of β-amino-alcohol motifs (C(OH)–C–C–N with tert-alkyl or cyclic N) is 1. The third-order valence-corrected chi connectivity index (χ3v) is 3.24. The average molecular weight is 275 g/mol. The highest BCUT2D eigenvalue weighted by Crippen LogP contribution is 2.34. The van der Waals surface area contributed by atoms with Gasteiger partial charge in [-0.3, -0.25) is 10.1 Å². The summed E-state index contributed by atoms with van der Waals surface area (Å²) in [5.41, 5.74) is -0.0730. The first kappa shape index (κ1) is 13.0. The fourth-order valence-electron chi connectivity index (χ4n) is 2.10. The lowest BCUT2D eigenvalue weighted by atomic mass is 10.1. The van der Waals surface area contributed by atoms with E-state index in [-0.39, 0.29) is 22.9 Å². The van der Waals surface area contributed by atoms with Crippen molar-refractivity contribution in [1.82, 2.24) is 0 Å². The molecule has 1 atom stereocenters. The number of nitrogens with zero attached hydrogens (tertiary/aromatic N) is 2. The van der Waals surface area contributed by atoms with Crippen LogP contribution in [-0.2, 0) is 0 Å². The topological polar surface area (TPSA) is 66.6 Å². The summed E-state index contributed by atoms with van der Waals surface area (Å²) < 4.78 is 13.4. The van der Waals surface area contributed by atoms with Crippen LogP contribution in [-0.4, -0.2) is 29.2 Å². The molecule has 5 nitrogen and oxygen atoms in total. The summed E-state index contributed by atoms with van der Waals surface area (Å²) in [6.45, 7) is 0.820. The Hall–Kier alpha value is -1.40. The molecule has 0 aromatic heterocycles. The zero-order valence-corrected chi connectivity index (χ0v) is 10.2. The fraction of sp³-hybridized carbons (Fsp3) is 0.455. The van der Waals surface area contributed by atoms with Gasteiger partial charge in [0.1, 0.15) is 11.5 Å². The van der Waals surface area contributed by atoms with E-state index in [1.165, 1.54) is 0 Å². The van der Waals surface area contributed by atoms with Crippen molar-refractivity contribution >= 4 is 23.0 Å². The maximum Gasteiger partial charge on any atom is 0.294 e. The number of aliphatic hydroxyl groups is 1. The minimum absolute atomic E-state index is 0.167. The smallest absolute Gasteiger partial charge is 0.294 e. The number of nitro groups is 1. The Kier molecular flexibility index (Phi) is 3.68. The number of rotatable bonds is 2. The molecule has 1 aliphatic heterocycles. The molecular weight excluding hydrogens is 263 g/mol. The van der Waals surface area contributed by atoms with Crippen LogP contribution < -0.4 is 4.90 Å². The number of hydrogen-bond acceptors (Lipinski definition) is 4. The van der Waals surface area contributed by atoms with Crippen molar-refractivity contribution in [2.24, 2.45) is 0 Å². The van der Waals surface area contributed by atoms with E-state index in [4.69, 9.17) is 11.6 Å². The SMILES string of the molecule is O=[N+]([O-])c1cc(Cl)c(F)cc1N1CCCC(O)C1. The Bertz CT molecular complexity index is 484. The van der Waals surface area contributed by atoms with Crippen molar-refractivity contribution in [2.45, 2.75) is 18.9 Å². The standard InChI is InChI=1S/C11H12ClFN2O3/c12-8-4-11(15(17)18)10(5-9(8)13)14-3-1-2-7(16)6-14/h4-5,7,16H,1-3,6H2. The highest BCUT2D eigenvalue weighted by Gasteiger charge is 2.26. The van der Waals surface area contributed by atoms with Crippen LogP contribution in [0.15, 0.2) is 12.1 Å². The van der Waals surface area contributed by atoms with Crippen LogP contribution in [0.4, 0.5) is 15.8 Å². The monoisotopic (exact) mass is 274 g/mol. The molecule has 18 heavy (non-hydrogen) atoms. The number of piperidine rings is 1. The fourth-order valence-corrected chi connectivity index (χ4v) is 2.26. The van der Waals surface area contributed by atoms with Gasteiger partial charge in [0.2, 0.25) is 0 Å². The van der Waals surface area contributed by atoms with Crippen molar-refractivity contribution < 1.29 is 14.4 Å². The molecule has 0 aliphatic carbocycles. The zero-order valence-electron chi connectivity index (χ0n) is 9.47. The molecule has 7 heteroatoms. The number of halogens is 2. The first-order chi connectivity index (χ1) is 8.49. The van der Waals surface area contributed by atoms with Gasteiger partial charge in [-0.2, -0.15) is 0 Å². The molecule has 1 N–H and O–H groups in total. The Morgan fingerprint density at radius 1 is 1.56 bits per heavy atom. The van der Waals surface area contributed by atoms with E-state index in [0.717, 1.165) is 12.1 Å². The van der Waals surface area contributed by atoms with E-state index in [9.17, 15) is 19.6 Å². The minimum Gasteiger partial charge on any atom is -0.391 e. The Balaban J connectivity index is 2.41. The average Bonchev–Trinajstić information content (AvgIpc) is 2.31. The summed E-state index contributed by atoms with van der Waals surface area (Å²) in [7, 11) is 0. The highest BCUT2D eigenvalue weighted by atomic mass is 35.5. The molecule has 0 amide bonds. The van der Waals surface area contributed by atoms with Gasteiger partial charge in [-0.25, -0.2) is 4.39 Å². The number of benzene rings is 1. The molecule has 1 unspecified atom stereocenters. The van der Waals surface area contributed by atoms with Gasteiger partial charge >= 0.3 is 0 Å². The maximum atomic E-state index is 13.4. The predicted octanol–water partition coefficient (Wildman–Crippen LogP) is 2.35. The third kappa shape index (κ3) is 2.54. The predicted molar refractivity (Wildman–Crippen MR) is 65.5 cm³/mol. The summed E-state index contributed by atoms with van der Waals surface area (Å²) >= 11 is 5.55. The molecule has 1 fully saturated rings. The molecule has 2 rings (SSSR count). The number of hydrogen-bond donors (Lipinski definition) is 1.